The van der Waals surface area contributed by atoms with Crippen LogP contribution < -0.4 is 14.8 Å². The SMILES string of the molecule is COc1ccc(OC)c([C@H](C)NC(=O)c2sc(C)nc2C)c1. The second-order valence-corrected chi connectivity index (χ2v) is 6.15. The summed E-state index contributed by atoms with van der Waals surface area (Å²) in [6.07, 6.45) is 0. The van der Waals surface area contributed by atoms with Crippen LogP contribution in [0.3, 0.4) is 0 Å². The van der Waals surface area contributed by atoms with E-state index in [2.05, 4.69) is 10.3 Å². The Labute approximate surface area is 134 Å². The van der Waals surface area contributed by atoms with Gasteiger partial charge in [0.15, 0.2) is 0 Å². The fourth-order valence-corrected chi connectivity index (χ4v) is 3.08. The van der Waals surface area contributed by atoms with Crippen molar-refractivity contribution in [1.82, 2.24) is 10.3 Å². The molecule has 118 valence electrons. The van der Waals surface area contributed by atoms with Gasteiger partial charge in [0.2, 0.25) is 0 Å². The maximum Gasteiger partial charge on any atom is 0.263 e. The van der Waals surface area contributed by atoms with Gasteiger partial charge in [0.05, 0.1) is 31.0 Å². The van der Waals surface area contributed by atoms with E-state index < -0.39 is 0 Å². The second kappa shape index (κ2) is 6.79. The van der Waals surface area contributed by atoms with Gasteiger partial charge in [-0.25, -0.2) is 4.98 Å². The predicted molar refractivity (Wildman–Crippen MR) is 87.0 cm³/mol. The van der Waals surface area contributed by atoms with E-state index in [-0.39, 0.29) is 11.9 Å². The number of amides is 1. The van der Waals surface area contributed by atoms with E-state index in [4.69, 9.17) is 9.47 Å². The largest absolute Gasteiger partial charge is 0.497 e. The van der Waals surface area contributed by atoms with E-state index >= 15 is 0 Å². The van der Waals surface area contributed by atoms with Gasteiger partial charge in [0, 0.05) is 5.56 Å². The molecule has 1 aromatic heterocycles. The fourth-order valence-electron chi connectivity index (χ4n) is 2.26. The first kappa shape index (κ1) is 16.3. The van der Waals surface area contributed by atoms with Crippen LogP contribution >= 0.6 is 11.3 Å². The number of nitrogens with one attached hydrogen (secondary N) is 1. The van der Waals surface area contributed by atoms with Crippen molar-refractivity contribution in [1.29, 1.82) is 0 Å². The molecule has 1 aromatic carbocycles. The third-order valence-corrected chi connectivity index (χ3v) is 4.43. The second-order valence-electron chi connectivity index (χ2n) is 4.95. The van der Waals surface area contributed by atoms with Crippen molar-refractivity contribution in [3.05, 3.63) is 39.3 Å². The minimum atomic E-state index is -0.209. The van der Waals surface area contributed by atoms with Crippen LogP contribution in [0.1, 0.15) is 38.9 Å². The molecule has 0 aliphatic rings. The number of aryl methyl sites for hydroxylation is 2. The van der Waals surface area contributed by atoms with E-state index in [0.717, 1.165) is 22.0 Å². The zero-order valence-corrected chi connectivity index (χ0v) is 14.2. The normalized spacial score (nSPS) is 11.9. The molecule has 1 N–H and O–H groups in total. The number of nitrogens with zero attached hydrogens (tertiary/aromatic N) is 1. The molecule has 0 aliphatic carbocycles. The molecular weight excluding hydrogens is 300 g/mol. The Morgan fingerprint density at radius 1 is 1.27 bits per heavy atom. The number of ether oxygens (including phenoxy) is 2. The highest BCUT2D eigenvalue weighted by Gasteiger charge is 2.19. The number of aromatic nitrogens is 1. The highest BCUT2D eigenvalue weighted by Crippen LogP contribution is 2.29. The molecule has 0 spiro atoms. The molecule has 1 amide bonds. The molecule has 0 radical (unpaired) electrons. The van der Waals surface area contributed by atoms with Crippen molar-refractivity contribution in [2.24, 2.45) is 0 Å². The van der Waals surface area contributed by atoms with Crippen molar-refractivity contribution in [3.8, 4) is 11.5 Å². The van der Waals surface area contributed by atoms with Crippen LogP contribution in [-0.2, 0) is 0 Å². The summed E-state index contributed by atoms with van der Waals surface area (Å²) in [6.45, 7) is 5.65. The number of benzene rings is 1. The van der Waals surface area contributed by atoms with E-state index in [1.54, 1.807) is 14.2 Å². The van der Waals surface area contributed by atoms with Gasteiger partial charge in [0.1, 0.15) is 16.4 Å². The van der Waals surface area contributed by atoms with Gasteiger partial charge in [-0.2, -0.15) is 0 Å². The van der Waals surface area contributed by atoms with Crippen LogP contribution in [-0.4, -0.2) is 25.1 Å². The minimum absolute atomic E-state index is 0.125. The molecule has 0 bridgehead atoms. The molecule has 22 heavy (non-hydrogen) atoms. The van der Waals surface area contributed by atoms with E-state index in [9.17, 15) is 4.79 Å². The summed E-state index contributed by atoms with van der Waals surface area (Å²) in [7, 11) is 3.22. The molecule has 1 heterocycles. The first-order chi connectivity index (χ1) is 10.5. The standard InChI is InChI=1S/C16H20N2O3S/c1-9(13-8-12(20-4)6-7-14(13)21-5)18-16(19)15-10(2)17-11(3)22-15/h6-9H,1-5H3,(H,18,19)/t9-/m0/s1. The average molecular weight is 320 g/mol. The Morgan fingerprint density at radius 3 is 2.55 bits per heavy atom. The van der Waals surface area contributed by atoms with Crippen LogP contribution in [0.4, 0.5) is 0 Å². The lowest BCUT2D eigenvalue weighted by atomic mass is 10.1. The molecule has 2 rings (SSSR count). The summed E-state index contributed by atoms with van der Waals surface area (Å²) in [6, 6.07) is 5.32. The highest BCUT2D eigenvalue weighted by atomic mass is 32.1. The lowest BCUT2D eigenvalue weighted by Gasteiger charge is -2.18. The van der Waals surface area contributed by atoms with Crippen LogP contribution in [0.25, 0.3) is 0 Å². The molecule has 6 heteroatoms. The van der Waals surface area contributed by atoms with Crippen LogP contribution in [0, 0.1) is 13.8 Å². The number of carbonyl (C=O) groups is 1. The number of carbonyl (C=O) groups excluding carboxylic acids is 1. The number of methoxy groups -OCH3 is 2. The zero-order valence-electron chi connectivity index (χ0n) is 13.4. The van der Waals surface area contributed by atoms with Gasteiger partial charge in [-0.3, -0.25) is 4.79 Å². The molecule has 2 aromatic rings. The first-order valence-corrected chi connectivity index (χ1v) is 7.74. The lowest BCUT2D eigenvalue weighted by molar-refractivity contribution is 0.0942. The number of thiazole rings is 1. The average Bonchev–Trinajstić information content (AvgIpc) is 2.85. The van der Waals surface area contributed by atoms with E-state index in [1.165, 1.54) is 11.3 Å². The molecule has 0 fully saturated rings. The van der Waals surface area contributed by atoms with E-state index in [1.807, 2.05) is 39.0 Å². The highest BCUT2D eigenvalue weighted by molar-refractivity contribution is 7.13. The third-order valence-electron chi connectivity index (χ3n) is 3.36. The first-order valence-electron chi connectivity index (χ1n) is 6.93. The quantitative estimate of drug-likeness (QED) is 0.918. The Kier molecular flexibility index (Phi) is 5.03. The van der Waals surface area contributed by atoms with Gasteiger partial charge in [0.25, 0.3) is 5.91 Å². The summed E-state index contributed by atoms with van der Waals surface area (Å²) in [5, 5.41) is 3.87. The van der Waals surface area contributed by atoms with Crippen molar-refractivity contribution in [3.63, 3.8) is 0 Å². The molecular formula is C16H20N2O3S. The van der Waals surface area contributed by atoms with Crippen molar-refractivity contribution in [2.45, 2.75) is 26.8 Å². The smallest absolute Gasteiger partial charge is 0.263 e. The zero-order chi connectivity index (χ0) is 16.3. The fraction of sp³-hybridized carbons (Fsp3) is 0.375. The van der Waals surface area contributed by atoms with Gasteiger partial charge in [-0.05, 0) is 39.0 Å². The molecule has 0 saturated carbocycles. The Balaban J connectivity index is 2.23. The summed E-state index contributed by atoms with van der Waals surface area (Å²) < 4.78 is 10.6. The van der Waals surface area contributed by atoms with Crippen molar-refractivity contribution in [2.75, 3.05) is 14.2 Å². The minimum Gasteiger partial charge on any atom is -0.497 e. The Bertz CT molecular complexity index is 682. The number of hydrogen-bond donors (Lipinski definition) is 1. The van der Waals surface area contributed by atoms with Gasteiger partial charge >= 0.3 is 0 Å². The van der Waals surface area contributed by atoms with Crippen LogP contribution in [0.5, 0.6) is 11.5 Å². The molecule has 1 atom stereocenters. The van der Waals surface area contributed by atoms with Crippen LogP contribution in [0.2, 0.25) is 0 Å². The van der Waals surface area contributed by atoms with Gasteiger partial charge < -0.3 is 14.8 Å². The Hall–Kier alpha value is -2.08. The lowest BCUT2D eigenvalue weighted by Crippen LogP contribution is -2.26. The van der Waals surface area contributed by atoms with Crippen molar-refractivity contribution < 1.29 is 14.3 Å². The predicted octanol–water partition coefficient (Wildman–Crippen LogP) is 3.27. The summed E-state index contributed by atoms with van der Waals surface area (Å²) in [5.41, 5.74) is 1.62. The van der Waals surface area contributed by atoms with Gasteiger partial charge in [-0.15, -0.1) is 11.3 Å². The van der Waals surface area contributed by atoms with E-state index in [0.29, 0.717) is 10.6 Å². The monoisotopic (exact) mass is 320 g/mol. The summed E-state index contributed by atoms with van der Waals surface area (Å²) >= 11 is 1.40. The molecule has 5 nitrogen and oxygen atoms in total. The number of hydrogen-bond acceptors (Lipinski definition) is 5. The van der Waals surface area contributed by atoms with Gasteiger partial charge in [-0.1, -0.05) is 0 Å². The number of rotatable bonds is 5. The maximum atomic E-state index is 12.4. The van der Waals surface area contributed by atoms with Crippen LogP contribution in [0.15, 0.2) is 18.2 Å². The topological polar surface area (TPSA) is 60.5 Å². The molecule has 0 saturated heterocycles. The molecule has 0 unspecified atom stereocenters. The van der Waals surface area contributed by atoms with Crippen molar-refractivity contribution >= 4 is 17.2 Å². The third kappa shape index (κ3) is 3.39. The Morgan fingerprint density at radius 2 is 2.00 bits per heavy atom. The summed E-state index contributed by atoms with van der Waals surface area (Å²) in [5.74, 6) is 1.31. The molecule has 0 aliphatic heterocycles. The summed E-state index contributed by atoms with van der Waals surface area (Å²) in [4.78, 5) is 17.3. The maximum absolute atomic E-state index is 12.4.